The van der Waals surface area contributed by atoms with Crippen LogP contribution in [0.2, 0.25) is 0 Å². The molecular formula is C12H18ClNO. The third-order valence-electron chi connectivity index (χ3n) is 1.88. The highest BCUT2D eigenvalue weighted by Gasteiger charge is 2.00. The minimum Gasteiger partial charge on any atom is -0.494 e. The van der Waals surface area contributed by atoms with Gasteiger partial charge in [-0.15, -0.1) is 19.0 Å². The van der Waals surface area contributed by atoms with Crippen LogP contribution >= 0.6 is 12.4 Å². The highest BCUT2D eigenvalue weighted by atomic mass is 35.5. The van der Waals surface area contributed by atoms with Crippen LogP contribution in [0.4, 0.5) is 0 Å². The zero-order valence-electron chi connectivity index (χ0n) is 9.03. The number of hydrogen-bond donors (Lipinski definition) is 1. The molecular weight excluding hydrogens is 210 g/mol. The van der Waals surface area contributed by atoms with Gasteiger partial charge in [-0.2, -0.15) is 0 Å². The van der Waals surface area contributed by atoms with Crippen LogP contribution < -0.4 is 10.1 Å². The normalized spacial score (nSPS) is 9.13. The summed E-state index contributed by atoms with van der Waals surface area (Å²) in [6.45, 7) is 8.00. The molecule has 84 valence electrons. The minimum atomic E-state index is 0. The van der Waals surface area contributed by atoms with Crippen molar-refractivity contribution in [2.75, 3.05) is 13.2 Å². The summed E-state index contributed by atoms with van der Waals surface area (Å²) in [7, 11) is 0. The number of ether oxygens (including phenoxy) is 1. The summed E-state index contributed by atoms with van der Waals surface area (Å²) < 4.78 is 5.50. The van der Waals surface area contributed by atoms with Crippen LogP contribution in [-0.4, -0.2) is 13.2 Å². The molecule has 1 aromatic carbocycles. The lowest BCUT2D eigenvalue weighted by atomic mass is 10.2. The second-order valence-electron chi connectivity index (χ2n) is 2.96. The van der Waals surface area contributed by atoms with Crippen molar-refractivity contribution in [3.63, 3.8) is 0 Å². The fourth-order valence-corrected chi connectivity index (χ4v) is 1.26. The molecule has 0 aliphatic carbocycles. The molecule has 0 unspecified atom stereocenters. The van der Waals surface area contributed by atoms with E-state index in [1.54, 1.807) is 0 Å². The number of halogens is 1. The molecule has 2 nitrogen and oxygen atoms in total. The van der Waals surface area contributed by atoms with Crippen molar-refractivity contribution in [3.05, 3.63) is 42.5 Å². The van der Waals surface area contributed by atoms with E-state index in [0.717, 1.165) is 18.8 Å². The predicted molar refractivity (Wildman–Crippen MR) is 66.8 cm³/mol. The molecule has 0 saturated carbocycles. The van der Waals surface area contributed by atoms with E-state index in [-0.39, 0.29) is 12.4 Å². The summed E-state index contributed by atoms with van der Waals surface area (Å²) in [4.78, 5) is 0. The molecule has 0 spiro atoms. The Hall–Kier alpha value is -0.990. The molecule has 0 heterocycles. The van der Waals surface area contributed by atoms with Gasteiger partial charge in [0.15, 0.2) is 0 Å². The standard InChI is InChI=1S/C12H17NO.ClH/c1-3-9-13-10-11-7-5-6-8-12(11)14-4-2;/h3,5-8,13H,1,4,9-10H2,2H3;1H. The van der Waals surface area contributed by atoms with Crippen molar-refractivity contribution >= 4 is 12.4 Å². The minimum absolute atomic E-state index is 0. The van der Waals surface area contributed by atoms with Gasteiger partial charge in [-0.25, -0.2) is 0 Å². The summed E-state index contributed by atoms with van der Waals surface area (Å²) in [5.41, 5.74) is 1.19. The molecule has 0 atom stereocenters. The van der Waals surface area contributed by atoms with E-state index in [9.17, 15) is 0 Å². The zero-order chi connectivity index (χ0) is 10.2. The first-order valence-corrected chi connectivity index (χ1v) is 4.90. The van der Waals surface area contributed by atoms with Crippen LogP contribution in [0.5, 0.6) is 5.75 Å². The van der Waals surface area contributed by atoms with Gasteiger partial charge in [-0.05, 0) is 13.0 Å². The lowest BCUT2D eigenvalue weighted by Gasteiger charge is -2.09. The number of hydrogen-bond acceptors (Lipinski definition) is 2. The zero-order valence-corrected chi connectivity index (χ0v) is 9.85. The molecule has 1 rings (SSSR count). The monoisotopic (exact) mass is 227 g/mol. The Kier molecular flexibility index (Phi) is 7.78. The molecule has 3 heteroatoms. The van der Waals surface area contributed by atoms with Crippen LogP contribution in [0.25, 0.3) is 0 Å². The Bertz CT molecular complexity index is 289. The van der Waals surface area contributed by atoms with Crippen LogP contribution in [0, 0.1) is 0 Å². The molecule has 1 aromatic rings. The van der Waals surface area contributed by atoms with Gasteiger partial charge in [0.1, 0.15) is 5.75 Å². The van der Waals surface area contributed by atoms with Gasteiger partial charge < -0.3 is 10.1 Å². The molecule has 0 radical (unpaired) electrons. The predicted octanol–water partition coefficient (Wildman–Crippen LogP) is 2.78. The van der Waals surface area contributed by atoms with Crippen LogP contribution in [0.15, 0.2) is 36.9 Å². The van der Waals surface area contributed by atoms with Gasteiger partial charge in [0.2, 0.25) is 0 Å². The van der Waals surface area contributed by atoms with E-state index in [2.05, 4.69) is 18.0 Å². The van der Waals surface area contributed by atoms with Gasteiger partial charge in [-0.3, -0.25) is 0 Å². The van der Waals surface area contributed by atoms with Crippen molar-refractivity contribution in [1.29, 1.82) is 0 Å². The maximum absolute atomic E-state index is 5.50. The summed E-state index contributed by atoms with van der Waals surface area (Å²) in [6.07, 6.45) is 1.85. The average Bonchev–Trinajstić information content (AvgIpc) is 2.21. The molecule has 0 bridgehead atoms. The van der Waals surface area contributed by atoms with Crippen molar-refractivity contribution in [2.45, 2.75) is 13.5 Å². The molecule has 0 amide bonds. The summed E-state index contributed by atoms with van der Waals surface area (Å²) in [5.74, 6) is 0.964. The SMILES string of the molecule is C=CCNCc1ccccc1OCC.Cl. The van der Waals surface area contributed by atoms with Crippen LogP contribution in [0.1, 0.15) is 12.5 Å². The van der Waals surface area contributed by atoms with Gasteiger partial charge >= 0.3 is 0 Å². The van der Waals surface area contributed by atoms with Crippen molar-refractivity contribution in [2.24, 2.45) is 0 Å². The largest absolute Gasteiger partial charge is 0.494 e. The number of benzene rings is 1. The molecule has 0 fully saturated rings. The first-order chi connectivity index (χ1) is 6.88. The van der Waals surface area contributed by atoms with Gasteiger partial charge in [0, 0.05) is 18.7 Å². The first kappa shape index (κ1) is 14.0. The smallest absolute Gasteiger partial charge is 0.123 e. The molecule has 0 aliphatic rings. The first-order valence-electron chi connectivity index (χ1n) is 4.90. The average molecular weight is 228 g/mol. The molecule has 15 heavy (non-hydrogen) atoms. The third kappa shape index (κ3) is 4.86. The molecule has 0 aromatic heterocycles. The Labute approximate surface area is 97.7 Å². The van der Waals surface area contributed by atoms with Gasteiger partial charge in [0.25, 0.3) is 0 Å². The second kappa shape index (κ2) is 8.33. The quantitative estimate of drug-likeness (QED) is 0.596. The summed E-state index contributed by atoms with van der Waals surface area (Å²) in [6, 6.07) is 8.07. The number of rotatable bonds is 6. The van der Waals surface area contributed by atoms with E-state index >= 15 is 0 Å². The summed E-state index contributed by atoms with van der Waals surface area (Å²) in [5, 5.41) is 3.25. The van der Waals surface area contributed by atoms with E-state index in [4.69, 9.17) is 4.74 Å². The van der Waals surface area contributed by atoms with E-state index in [1.807, 2.05) is 31.2 Å². The Morgan fingerprint density at radius 2 is 2.13 bits per heavy atom. The van der Waals surface area contributed by atoms with E-state index in [0.29, 0.717) is 6.61 Å². The van der Waals surface area contributed by atoms with E-state index in [1.165, 1.54) is 5.56 Å². The Balaban J connectivity index is 0.00000196. The number of para-hydroxylation sites is 1. The highest BCUT2D eigenvalue weighted by molar-refractivity contribution is 5.85. The Morgan fingerprint density at radius 1 is 1.40 bits per heavy atom. The number of nitrogens with one attached hydrogen (secondary N) is 1. The second-order valence-corrected chi connectivity index (χ2v) is 2.96. The lowest BCUT2D eigenvalue weighted by Crippen LogP contribution is -2.13. The maximum atomic E-state index is 5.50. The van der Waals surface area contributed by atoms with Crippen molar-refractivity contribution < 1.29 is 4.74 Å². The van der Waals surface area contributed by atoms with E-state index < -0.39 is 0 Å². The third-order valence-corrected chi connectivity index (χ3v) is 1.88. The fourth-order valence-electron chi connectivity index (χ4n) is 1.26. The lowest BCUT2D eigenvalue weighted by molar-refractivity contribution is 0.335. The van der Waals surface area contributed by atoms with Crippen LogP contribution in [-0.2, 0) is 6.54 Å². The summed E-state index contributed by atoms with van der Waals surface area (Å²) >= 11 is 0. The van der Waals surface area contributed by atoms with Crippen molar-refractivity contribution in [1.82, 2.24) is 5.32 Å². The Morgan fingerprint density at radius 3 is 2.80 bits per heavy atom. The maximum Gasteiger partial charge on any atom is 0.123 e. The fraction of sp³-hybridized carbons (Fsp3) is 0.333. The van der Waals surface area contributed by atoms with Gasteiger partial charge in [0.05, 0.1) is 6.61 Å². The van der Waals surface area contributed by atoms with Crippen molar-refractivity contribution in [3.8, 4) is 5.75 Å². The molecule has 0 saturated heterocycles. The molecule has 1 N–H and O–H groups in total. The van der Waals surface area contributed by atoms with Crippen LogP contribution in [0.3, 0.4) is 0 Å². The topological polar surface area (TPSA) is 21.3 Å². The van der Waals surface area contributed by atoms with Gasteiger partial charge in [-0.1, -0.05) is 24.3 Å². The molecule has 0 aliphatic heterocycles. The highest BCUT2D eigenvalue weighted by Crippen LogP contribution is 2.17.